The Hall–Kier alpha value is -2.34. The van der Waals surface area contributed by atoms with Crippen LogP contribution in [0.25, 0.3) is 11.5 Å². The molecule has 6 nitrogen and oxygen atoms in total. The number of piperidine rings is 1. The Morgan fingerprint density at radius 3 is 3.00 bits per heavy atom. The highest BCUT2D eigenvalue weighted by molar-refractivity contribution is 5.70. The van der Waals surface area contributed by atoms with Gasteiger partial charge in [0, 0.05) is 13.1 Å². The number of likely N-dealkylation sites (tertiary alicyclic amines) is 1. The molecule has 6 heteroatoms. The molecule has 1 fully saturated rings. The summed E-state index contributed by atoms with van der Waals surface area (Å²) in [5.74, 6) is 1.05. The van der Waals surface area contributed by atoms with Gasteiger partial charge in [-0.3, -0.25) is 9.69 Å². The molecule has 1 aromatic carbocycles. The maximum atomic E-state index is 11.2. The number of rotatable bonds is 6. The number of para-hydroxylation sites is 1. The number of aliphatic carboxylic acids is 1. The molecule has 0 radical (unpaired) electrons. The van der Waals surface area contributed by atoms with E-state index in [1.54, 1.807) is 0 Å². The summed E-state index contributed by atoms with van der Waals surface area (Å²) in [7, 11) is 0. The van der Waals surface area contributed by atoms with Crippen molar-refractivity contribution in [1.29, 1.82) is 0 Å². The first-order chi connectivity index (χ1) is 12.1. The maximum absolute atomic E-state index is 11.2. The Labute approximate surface area is 147 Å². The zero-order valence-corrected chi connectivity index (χ0v) is 14.7. The molecule has 1 unspecified atom stereocenters. The van der Waals surface area contributed by atoms with Gasteiger partial charge in [0.2, 0.25) is 5.89 Å². The number of hydrogen-bond acceptors (Lipinski definition) is 5. The number of nitrogens with zero attached hydrogens (tertiary/aromatic N) is 2. The van der Waals surface area contributed by atoms with Crippen molar-refractivity contribution in [2.24, 2.45) is 5.92 Å². The summed E-state index contributed by atoms with van der Waals surface area (Å²) in [4.78, 5) is 18.0. The number of benzene rings is 1. The fraction of sp³-hybridized carbons (Fsp3) is 0.474. The monoisotopic (exact) mass is 344 g/mol. The first-order valence-electron chi connectivity index (χ1n) is 8.72. The molecular formula is C19H24N2O4. The lowest BCUT2D eigenvalue weighted by molar-refractivity contribution is -0.143. The molecule has 0 bridgehead atoms. The first kappa shape index (κ1) is 17.5. The highest BCUT2D eigenvalue weighted by Crippen LogP contribution is 2.31. The van der Waals surface area contributed by atoms with Crippen molar-refractivity contribution in [2.75, 3.05) is 19.7 Å². The summed E-state index contributed by atoms with van der Waals surface area (Å²) in [6, 6.07) is 7.69. The number of aromatic nitrogens is 1. The van der Waals surface area contributed by atoms with E-state index in [0.29, 0.717) is 25.6 Å². The summed E-state index contributed by atoms with van der Waals surface area (Å²) in [5.41, 5.74) is 1.69. The minimum absolute atomic E-state index is 0.292. The number of carboxylic acid groups (broad SMARTS) is 1. The molecule has 0 aliphatic carbocycles. The second kappa shape index (κ2) is 7.70. The van der Waals surface area contributed by atoms with Crippen LogP contribution >= 0.6 is 0 Å². The van der Waals surface area contributed by atoms with Crippen LogP contribution < -0.4 is 4.74 Å². The lowest BCUT2D eigenvalue weighted by Crippen LogP contribution is -2.38. The van der Waals surface area contributed by atoms with Crippen molar-refractivity contribution in [3.8, 4) is 17.2 Å². The van der Waals surface area contributed by atoms with Gasteiger partial charge in [0.05, 0.1) is 23.8 Å². The van der Waals surface area contributed by atoms with Crippen molar-refractivity contribution < 1.29 is 19.1 Å². The summed E-state index contributed by atoms with van der Waals surface area (Å²) < 4.78 is 11.5. The number of oxazole rings is 1. The van der Waals surface area contributed by atoms with Gasteiger partial charge in [-0.1, -0.05) is 12.1 Å². The highest BCUT2D eigenvalue weighted by atomic mass is 16.5. The van der Waals surface area contributed by atoms with E-state index in [1.165, 1.54) is 0 Å². The largest absolute Gasteiger partial charge is 0.493 e. The first-order valence-corrected chi connectivity index (χ1v) is 8.72. The van der Waals surface area contributed by atoms with Crippen molar-refractivity contribution in [2.45, 2.75) is 33.2 Å². The van der Waals surface area contributed by atoms with Gasteiger partial charge >= 0.3 is 5.97 Å². The summed E-state index contributed by atoms with van der Waals surface area (Å²) >= 11 is 0. The van der Waals surface area contributed by atoms with Gasteiger partial charge in [-0.25, -0.2) is 4.98 Å². The van der Waals surface area contributed by atoms with Gasteiger partial charge in [0.25, 0.3) is 0 Å². The summed E-state index contributed by atoms with van der Waals surface area (Å²) in [5, 5.41) is 9.24. The number of carboxylic acids is 1. The SMILES string of the molecule is CCOc1ccccc1-c1nc(CN2CCCC(C(=O)O)C2)c(C)o1. The van der Waals surface area contributed by atoms with E-state index in [2.05, 4.69) is 9.88 Å². The topological polar surface area (TPSA) is 75.8 Å². The Bertz CT molecular complexity index is 741. The third-order valence-corrected chi connectivity index (χ3v) is 4.54. The Morgan fingerprint density at radius 2 is 2.24 bits per heavy atom. The fourth-order valence-corrected chi connectivity index (χ4v) is 3.23. The van der Waals surface area contributed by atoms with E-state index in [1.807, 2.05) is 38.1 Å². The van der Waals surface area contributed by atoms with E-state index in [9.17, 15) is 9.90 Å². The summed E-state index contributed by atoms with van der Waals surface area (Å²) in [6.07, 6.45) is 1.64. The zero-order valence-electron chi connectivity index (χ0n) is 14.7. The van der Waals surface area contributed by atoms with Crippen molar-refractivity contribution in [3.05, 3.63) is 35.7 Å². The minimum Gasteiger partial charge on any atom is -0.493 e. The van der Waals surface area contributed by atoms with Crippen LogP contribution in [0.3, 0.4) is 0 Å². The van der Waals surface area contributed by atoms with E-state index in [4.69, 9.17) is 9.15 Å². The zero-order chi connectivity index (χ0) is 17.8. The number of ether oxygens (including phenoxy) is 1. The van der Waals surface area contributed by atoms with Crippen molar-refractivity contribution in [3.63, 3.8) is 0 Å². The lowest BCUT2D eigenvalue weighted by atomic mass is 9.98. The predicted octanol–water partition coefficient (Wildman–Crippen LogP) is 3.35. The van der Waals surface area contributed by atoms with E-state index >= 15 is 0 Å². The number of aryl methyl sites for hydroxylation is 1. The van der Waals surface area contributed by atoms with Crippen LogP contribution in [-0.4, -0.2) is 40.7 Å². The minimum atomic E-state index is -0.715. The third kappa shape index (κ3) is 4.02. The molecule has 2 aromatic rings. The number of carbonyl (C=O) groups is 1. The van der Waals surface area contributed by atoms with Crippen LogP contribution in [0.2, 0.25) is 0 Å². The van der Waals surface area contributed by atoms with Gasteiger partial charge in [-0.2, -0.15) is 0 Å². The van der Waals surface area contributed by atoms with Gasteiger partial charge in [-0.15, -0.1) is 0 Å². The third-order valence-electron chi connectivity index (χ3n) is 4.54. The molecule has 134 valence electrons. The average molecular weight is 344 g/mol. The van der Waals surface area contributed by atoms with Crippen LogP contribution in [0.4, 0.5) is 0 Å². The lowest BCUT2D eigenvalue weighted by Gasteiger charge is -2.29. The molecule has 1 aliphatic rings. The van der Waals surface area contributed by atoms with Crippen LogP contribution in [0.1, 0.15) is 31.2 Å². The van der Waals surface area contributed by atoms with E-state index in [0.717, 1.165) is 42.2 Å². The normalized spacial score (nSPS) is 18.2. The van der Waals surface area contributed by atoms with Crippen molar-refractivity contribution in [1.82, 2.24) is 9.88 Å². The molecule has 1 saturated heterocycles. The second-order valence-corrected chi connectivity index (χ2v) is 6.36. The van der Waals surface area contributed by atoms with Crippen LogP contribution in [0.5, 0.6) is 5.75 Å². The molecule has 0 saturated carbocycles. The Balaban J connectivity index is 1.78. The van der Waals surface area contributed by atoms with Crippen LogP contribution in [-0.2, 0) is 11.3 Å². The molecule has 2 heterocycles. The molecule has 1 aliphatic heterocycles. The van der Waals surface area contributed by atoms with Gasteiger partial charge in [-0.05, 0) is 45.4 Å². The van der Waals surface area contributed by atoms with Crippen molar-refractivity contribution >= 4 is 5.97 Å². The smallest absolute Gasteiger partial charge is 0.307 e. The predicted molar refractivity (Wildman–Crippen MR) is 93.5 cm³/mol. The fourth-order valence-electron chi connectivity index (χ4n) is 3.23. The molecule has 1 aromatic heterocycles. The molecule has 1 N–H and O–H groups in total. The van der Waals surface area contributed by atoms with E-state index < -0.39 is 5.97 Å². The summed E-state index contributed by atoms with van der Waals surface area (Å²) in [6.45, 7) is 6.48. The standard InChI is InChI=1S/C19H24N2O4/c1-3-24-17-9-5-4-8-15(17)18-20-16(13(2)25-18)12-21-10-6-7-14(11-21)19(22)23/h4-5,8-9,14H,3,6-7,10-12H2,1-2H3,(H,22,23). The maximum Gasteiger partial charge on any atom is 0.307 e. The molecular weight excluding hydrogens is 320 g/mol. The highest BCUT2D eigenvalue weighted by Gasteiger charge is 2.26. The van der Waals surface area contributed by atoms with Gasteiger partial charge in [0.1, 0.15) is 11.5 Å². The van der Waals surface area contributed by atoms with Gasteiger partial charge < -0.3 is 14.3 Å². The second-order valence-electron chi connectivity index (χ2n) is 6.36. The van der Waals surface area contributed by atoms with Gasteiger partial charge in [0.15, 0.2) is 0 Å². The Morgan fingerprint density at radius 1 is 1.44 bits per heavy atom. The average Bonchev–Trinajstić information content (AvgIpc) is 2.96. The Kier molecular flexibility index (Phi) is 5.38. The van der Waals surface area contributed by atoms with Crippen LogP contribution in [0.15, 0.2) is 28.7 Å². The quantitative estimate of drug-likeness (QED) is 0.866. The molecule has 25 heavy (non-hydrogen) atoms. The number of hydrogen-bond donors (Lipinski definition) is 1. The van der Waals surface area contributed by atoms with Crippen LogP contribution in [0, 0.1) is 12.8 Å². The molecule has 0 spiro atoms. The molecule has 0 amide bonds. The molecule has 1 atom stereocenters. The van der Waals surface area contributed by atoms with E-state index in [-0.39, 0.29) is 5.92 Å². The molecule has 3 rings (SSSR count).